The molecule has 0 aromatic heterocycles. The molecule has 0 amide bonds. The number of hydrogen-bond donors (Lipinski definition) is 2. The summed E-state index contributed by atoms with van der Waals surface area (Å²) < 4.78 is 1.12. The van der Waals surface area contributed by atoms with E-state index in [-0.39, 0.29) is 0 Å². The number of fused-ring (bicyclic) bond motifs is 1. The molecular weight excluding hydrogens is 276 g/mol. The maximum atomic E-state index is 3.51. The van der Waals surface area contributed by atoms with Gasteiger partial charge in [-0.05, 0) is 46.8 Å². The average molecular weight is 289 g/mol. The molecule has 0 saturated carbocycles. The first-order valence-corrected chi connectivity index (χ1v) is 6.45. The minimum Gasteiger partial charge on any atom is -0.379 e. The van der Waals surface area contributed by atoms with Crippen LogP contribution in [0.25, 0.3) is 10.8 Å². The molecule has 3 rings (SSSR count). The lowest BCUT2D eigenvalue weighted by atomic mass is 10.0. The van der Waals surface area contributed by atoms with Gasteiger partial charge in [0.05, 0.1) is 12.7 Å². The van der Waals surface area contributed by atoms with Crippen LogP contribution in [-0.4, -0.2) is 6.67 Å². The summed E-state index contributed by atoms with van der Waals surface area (Å²) in [4.78, 5) is 0. The van der Waals surface area contributed by atoms with Crippen molar-refractivity contribution >= 4 is 26.7 Å². The van der Waals surface area contributed by atoms with E-state index in [2.05, 4.69) is 69.0 Å². The maximum absolute atomic E-state index is 3.51. The van der Waals surface area contributed by atoms with Gasteiger partial charge in [0.25, 0.3) is 0 Å². The molecule has 2 nitrogen and oxygen atoms in total. The molecule has 1 heterocycles. The topological polar surface area (TPSA) is 24.1 Å². The summed E-state index contributed by atoms with van der Waals surface area (Å²) in [6.07, 6.45) is 4.15. The number of nitrogens with one attached hydrogen (secondary N) is 2. The summed E-state index contributed by atoms with van der Waals surface area (Å²) >= 11 is 3.51. The largest absolute Gasteiger partial charge is 0.379 e. The monoisotopic (exact) mass is 288 g/mol. The van der Waals surface area contributed by atoms with E-state index in [0.717, 1.165) is 11.1 Å². The van der Waals surface area contributed by atoms with Crippen molar-refractivity contribution in [3.63, 3.8) is 0 Å². The quantitative estimate of drug-likeness (QED) is 0.841. The van der Waals surface area contributed by atoms with Crippen molar-refractivity contribution in [1.29, 1.82) is 0 Å². The molecule has 0 bridgehead atoms. The number of halogens is 1. The van der Waals surface area contributed by atoms with Crippen molar-refractivity contribution < 1.29 is 0 Å². The zero-order valence-electron chi connectivity index (χ0n) is 9.28. The highest BCUT2D eigenvalue weighted by molar-refractivity contribution is 9.10. The third-order valence-electron chi connectivity index (χ3n) is 3.02. The van der Waals surface area contributed by atoms with Gasteiger partial charge in [-0.15, -0.1) is 0 Å². The first-order chi connectivity index (χ1) is 8.33. The normalized spacial score (nSPS) is 19.2. The molecule has 1 aliphatic heterocycles. The van der Waals surface area contributed by atoms with Gasteiger partial charge in [0.15, 0.2) is 0 Å². The van der Waals surface area contributed by atoms with E-state index in [1.54, 1.807) is 0 Å². The molecule has 1 atom stereocenters. The van der Waals surface area contributed by atoms with E-state index >= 15 is 0 Å². The fourth-order valence-corrected chi connectivity index (χ4v) is 2.50. The molecule has 1 unspecified atom stereocenters. The average Bonchev–Trinajstić information content (AvgIpc) is 2.39. The molecule has 2 aromatic carbocycles. The molecule has 3 heteroatoms. The molecule has 0 fully saturated rings. The predicted molar refractivity (Wildman–Crippen MR) is 74.7 cm³/mol. The molecule has 1 aliphatic rings. The van der Waals surface area contributed by atoms with Crippen LogP contribution < -0.4 is 10.6 Å². The van der Waals surface area contributed by atoms with Crippen LogP contribution >= 0.6 is 15.9 Å². The van der Waals surface area contributed by atoms with E-state index in [9.17, 15) is 0 Å². The van der Waals surface area contributed by atoms with Crippen LogP contribution in [0.4, 0.5) is 0 Å². The number of hydrogen-bond acceptors (Lipinski definition) is 2. The Morgan fingerprint density at radius 3 is 2.76 bits per heavy atom. The standard InChI is InChI=1S/C14H13BrN2/c15-13-4-3-10-1-2-11(7-12(10)8-13)14-5-6-16-9-17-14/h1-8,14,16-17H,9H2. The second-order valence-electron chi connectivity index (χ2n) is 4.17. The Morgan fingerprint density at radius 1 is 1.06 bits per heavy atom. The Labute approximate surface area is 109 Å². The van der Waals surface area contributed by atoms with Crippen molar-refractivity contribution in [3.05, 3.63) is 58.7 Å². The van der Waals surface area contributed by atoms with Crippen LogP contribution in [-0.2, 0) is 0 Å². The van der Waals surface area contributed by atoms with Crippen LogP contribution in [0.1, 0.15) is 11.6 Å². The lowest BCUT2D eigenvalue weighted by molar-refractivity contribution is 0.564. The number of benzene rings is 2. The molecule has 0 saturated heterocycles. The van der Waals surface area contributed by atoms with Crippen molar-refractivity contribution in [2.75, 3.05) is 6.67 Å². The summed E-state index contributed by atoms with van der Waals surface area (Å²) in [5.41, 5.74) is 1.30. The summed E-state index contributed by atoms with van der Waals surface area (Å²) in [5, 5.41) is 9.08. The Bertz CT molecular complexity index is 577. The van der Waals surface area contributed by atoms with Gasteiger partial charge in [0.1, 0.15) is 0 Å². The first kappa shape index (κ1) is 10.8. The van der Waals surface area contributed by atoms with Gasteiger partial charge in [-0.2, -0.15) is 0 Å². The third-order valence-corrected chi connectivity index (χ3v) is 3.51. The van der Waals surface area contributed by atoms with E-state index in [0.29, 0.717) is 6.04 Å². The van der Waals surface area contributed by atoms with Gasteiger partial charge < -0.3 is 5.32 Å². The van der Waals surface area contributed by atoms with Gasteiger partial charge >= 0.3 is 0 Å². The van der Waals surface area contributed by atoms with Crippen LogP contribution in [0, 0.1) is 0 Å². The fraction of sp³-hybridized carbons (Fsp3) is 0.143. The third kappa shape index (κ3) is 2.21. The molecule has 17 heavy (non-hydrogen) atoms. The molecule has 0 spiro atoms. The highest BCUT2D eigenvalue weighted by atomic mass is 79.9. The molecule has 86 valence electrons. The second kappa shape index (κ2) is 4.51. The number of rotatable bonds is 1. The van der Waals surface area contributed by atoms with Crippen LogP contribution in [0.3, 0.4) is 0 Å². The van der Waals surface area contributed by atoms with Crippen LogP contribution in [0.5, 0.6) is 0 Å². The summed E-state index contributed by atoms with van der Waals surface area (Å²) in [6, 6.07) is 13.3. The molecule has 2 N–H and O–H groups in total. The van der Waals surface area contributed by atoms with Crippen molar-refractivity contribution in [1.82, 2.24) is 10.6 Å². The van der Waals surface area contributed by atoms with E-state index in [1.807, 2.05) is 6.20 Å². The van der Waals surface area contributed by atoms with E-state index in [1.165, 1.54) is 16.3 Å². The van der Waals surface area contributed by atoms with Crippen LogP contribution in [0.15, 0.2) is 53.1 Å². The Morgan fingerprint density at radius 2 is 1.94 bits per heavy atom. The zero-order chi connectivity index (χ0) is 11.7. The molecule has 0 aliphatic carbocycles. The Balaban J connectivity index is 2.05. The summed E-state index contributed by atoms with van der Waals surface area (Å²) in [7, 11) is 0. The zero-order valence-corrected chi connectivity index (χ0v) is 10.9. The molecule has 0 radical (unpaired) electrons. The van der Waals surface area contributed by atoms with Crippen molar-refractivity contribution in [2.24, 2.45) is 0 Å². The summed E-state index contributed by atoms with van der Waals surface area (Å²) in [6.45, 7) is 0.817. The first-order valence-electron chi connectivity index (χ1n) is 5.65. The lowest BCUT2D eigenvalue weighted by Gasteiger charge is -2.20. The minimum absolute atomic E-state index is 0.305. The van der Waals surface area contributed by atoms with E-state index in [4.69, 9.17) is 0 Å². The SMILES string of the molecule is Brc1ccc2ccc(C3C=CNCN3)cc2c1. The molecular formula is C14H13BrN2. The van der Waals surface area contributed by atoms with Gasteiger partial charge in [0, 0.05) is 4.47 Å². The minimum atomic E-state index is 0.305. The Hall–Kier alpha value is -1.32. The summed E-state index contributed by atoms with van der Waals surface area (Å²) in [5.74, 6) is 0. The highest BCUT2D eigenvalue weighted by Gasteiger charge is 2.09. The van der Waals surface area contributed by atoms with Gasteiger partial charge in [-0.25, -0.2) is 0 Å². The second-order valence-corrected chi connectivity index (χ2v) is 5.09. The highest BCUT2D eigenvalue weighted by Crippen LogP contribution is 2.24. The maximum Gasteiger partial charge on any atom is 0.0655 e. The smallest absolute Gasteiger partial charge is 0.0655 e. The van der Waals surface area contributed by atoms with E-state index < -0.39 is 0 Å². The predicted octanol–water partition coefficient (Wildman–Crippen LogP) is 3.31. The van der Waals surface area contributed by atoms with Crippen molar-refractivity contribution in [2.45, 2.75) is 6.04 Å². The van der Waals surface area contributed by atoms with Crippen molar-refractivity contribution in [3.8, 4) is 0 Å². The van der Waals surface area contributed by atoms with Gasteiger partial charge in [0.2, 0.25) is 0 Å². The van der Waals surface area contributed by atoms with Gasteiger partial charge in [-0.1, -0.05) is 34.1 Å². The van der Waals surface area contributed by atoms with Crippen LogP contribution in [0.2, 0.25) is 0 Å². The Kier molecular flexibility index (Phi) is 2.87. The lowest BCUT2D eigenvalue weighted by Crippen LogP contribution is -2.32. The van der Waals surface area contributed by atoms with Gasteiger partial charge in [-0.3, -0.25) is 5.32 Å². The molecule has 2 aromatic rings. The fourth-order valence-electron chi connectivity index (χ4n) is 2.12.